The van der Waals surface area contributed by atoms with Crippen molar-refractivity contribution in [2.75, 3.05) is 5.75 Å². The molecule has 0 saturated heterocycles. The molecule has 0 unspecified atom stereocenters. The molecule has 31 heavy (non-hydrogen) atoms. The van der Waals surface area contributed by atoms with E-state index in [4.69, 9.17) is 11.6 Å². The number of aromatic nitrogens is 1. The molecule has 0 amide bonds. The average Bonchev–Trinajstić information content (AvgIpc) is 3.12. The molecule has 0 atom stereocenters. The minimum atomic E-state index is -4.26. The summed E-state index contributed by atoms with van der Waals surface area (Å²) in [5.41, 5.74) is 7.94. The van der Waals surface area contributed by atoms with Crippen molar-refractivity contribution in [1.29, 1.82) is 0 Å². The van der Waals surface area contributed by atoms with Gasteiger partial charge in [0.15, 0.2) is 5.69 Å². The second-order valence-corrected chi connectivity index (χ2v) is 9.79. The zero-order valence-corrected chi connectivity index (χ0v) is 18.3. The third-order valence-corrected chi connectivity index (χ3v) is 6.89. The van der Waals surface area contributed by atoms with E-state index < -0.39 is 10.1 Å². The van der Waals surface area contributed by atoms with Gasteiger partial charge in [0, 0.05) is 28.8 Å². The summed E-state index contributed by atoms with van der Waals surface area (Å²) < 4.78 is 35.8. The standard InChI is InChI=1S/C25H20ClNO3S/c26-19-11-12-22-21(16-19)24(17-7-2-1-3-8-17)25-20-10-5-4-9-18(20)15-23(25)27(22)13-6-14-31(28,29)30/h1-5,7-12,16H,6,13-15H2. The highest BCUT2D eigenvalue weighted by molar-refractivity contribution is 7.85. The summed E-state index contributed by atoms with van der Waals surface area (Å²) in [6, 6.07) is 24.4. The van der Waals surface area contributed by atoms with Crippen molar-refractivity contribution < 1.29 is 17.5 Å². The maximum Gasteiger partial charge on any atom is 0.213 e. The first-order valence-electron chi connectivity index (χ1n) is 10.2. The van der Waals surface area contributed by atoms with Crippen molar-refractivity contribution in [3.63, 3.8) is 0 Å². The summed E-state index contributed by atoms with van der Waals surface area (Å²) in [6.07, 6.45) is 1.02. The number of aryl methyl sites for hydroxylation is 1. The molecule has 5 rings (SSSR count). The first kappa shape index (κ1) is 20.2. The van der Waals surface area contributed by atoms with Gasteiger partial charge in [0.2, 0.25) is 5.52 Å². The van der Waals surface area contributed by atoms with E-state index in [1.807, 2.05) is 48.5 Å². The van der Waals surface area contributed by atoms with Gasteiger partial charge < -0.3 is 4.55 Å². The number of rotatable bonds is 5. The topological polar surface area (TPSA) is 61.1 Å². The van der Waals surface area contributed by atoms with Crippen LogP contribution >= 0.6 is 11.6 Å². The summed E-state index contributed by atoms with van der Waals surface area (Å²) in [4.78, 5) is 0. The SMILES string of the molecule is O=S(=O)([O-])CCC[n+]1c2c(c(-c3ccccc3)c3cc(Cl)ccc31)-c1ccccc1C2. The number of halogens is 1. The molecule has 0 N–H and O–H groups in total. The van der Waals surface area contributed by atoms with Crippen LogP contribution in [0.15, 0.2) is 72.8 Å². The number of hydrogen-bond donors (Lipinski definition) is 0. The Labute approximate surface area is 186 Å². The van der Waals surface area contributed by atoms with Crippen molar-refractivity contribution in [2.24, 2.45) is 0 Å². The van der Waals surface area contributed by atoms with Crippen molar-refractivity contribution in [3.05, 3.63) is 89.1 Å². The van der Waals surface area contributed by atoms with Crippen molar-refractivity contribution in [3.8, 4) is 22.3 Å². The zero-order chi connectivity index (χ0) is 21.6. The van der Waals surface area contributed by atoms with Crippen LogP contribution in [0.25, 0.3) is 33.2 Å². The van der Waals surface area contributed by atoms with Crippen molar-refractivity contribution in [1.82, 2.24) is 0 Å². The smallest absolute Gasteiger partial charge is 0.213 e. The Balaban J connectivity index is 1.83. The van der Waals surface area contributed by atoms with Gasteiger partial charge >= 0.3 is 0 Å². The summed E-state index contributed by atoms with van der Waals surface area (Å²) in [6.45, 7) is 0.449. The highest BCUT2D eigenvalue weighted by Crippen LogP contribution is 2.45. The van der Waals surface area contributed by atoms with E-state index in [1.54, 1.807) is 0 Å². The van der Waals surface area contributed by atoms with Gasteiger partial charge in [0.1, 0.15) is 6.54 Å². The predicted molar refractivity (Wildman–Crippen MR) is 122 cm³/mol. The summed E-state index contributed by atoms with van der Waals surface area (Å²) in [7, 11) is -4.26. The van der Waals surface area contributed by atoms with Gasteiger partial charge in [0.05, 0.1) is 27.5 Å². The Morgan fingerprint density at radius 2 is 1.68 bits per heavy atom. The fourth-order valence-electron chi connectivity index (χ4n) is 4.64. The van der Waals surface area contributed by atoms with Crippen LogP contribution in [0.1, 0.15) is 17.7 Å². The van der Waals surface area contributed by atoms with Gasteiger partial charge in [0.25, 0.3) is 0 Å². The van der Waals surface area contributed by atoms with E-state index in [-0.39, 0.29) is 12.2 Å². The Kier molecular flexibility index (Phi) is 5.05. The molecule has 1 aromatic heterocycles. The molecule has 0 fully saturated rings. The lowest BCUT2D eigenvalue weighted by molar-refractivity contribution is -0.677. The zero-order valence-electron chi connectivity index (χ0n) is 16.7. The highest BCUT2D eigenvalue weighted by atomic mass is 35.5. The van der Waals surface area contributed by atoms with Gasteiger partial charge in [-0.2, -0.15) is 4.57 Å². The average molecular weight is 450 g/mol. The Morgan fingerprint density at radius 3 is 2.45 bits per heavy atom. The second-order valence-electron chi connectivity index (χ2n) is 7.83. The molecular weight excluding hydrogens is 430 g/mol. The van der Waals surface area contributed by atoms with Crippen LogP contribution in [0.4, 0.5) is 0 Å². The molecule has 4 nitrogen and oxygen atoms in total. The second kappa shape index (κ2) is 7.75. The predicted octanol–water partition coefficient (Wildman–Crippen LogP) is 4.95. The van der Waals surface area contributed by atoms with Crippen LogP contribution < -0.4 is 4.57 Å². The van der Waals surface area contributed by atoms with E-state index in [9.17, 15) is 13.0 Å². The van der Waals surface area contributed by atoms with Crippen LogP contribution in [0.3, 0.4) is 0 Å². The molecule has 6 heteroatoms. The maximum absolute atomic E-state index is 11.2. The van der Waals surface area contributed by atoms with E-state index >= 15 is 0 Å². The Hall–Kier alpha value is -2.73. The van der Waals surface area contributed by atoms with Crippen LogP contribution in [0.2, 0.25) is 5.02 Å². The lowest BCUT2D eigenvalue weighted by atomic mass is 9.92. The first-order valence-corrected chi connectivity index (χ1v) is 12.1. The summed E-state index contributed by atoms with van der Waals surface area (Å²) >= 11 is 6.42. The van der Waals surface area contributed by atoms with E-state index in [1.165, 1.54) is 11.1 Å². The van der Waals surface area contributed by atoms with Gasteiger partial charge in [-0.05, 0) is 28.8 Å². The van der Waals surface area contributed by atoms with Crippen LogP contribution in [-0.2, 0) is 23.1 Å². The number of hydrogen-bond acceptors (Lipinski definition) is 3. The third-order valence-electron chi connectivity index (χ3n) is 5.87. The number of nitrogens with zero attached hydrogens (tertiary/aromatic N) is 1. The lowest BCUT2D eigenvalue weighted by Gasteiger charge is -2.15. The fraction of sp³-hybridized carbons (Fsp3) is 0.160. The molecule has 0 bridgehead atoms. The monoisotopic (exact) mass is 449 g/mol. The summed E-state index contributed by atoms with van der Waals surface area (Å²) in [5, 5.41) is 1.66. The molecule has 0 radical (unpaired) electrons. The molecule has 1 aliphatic carbocycles. The van der Waals surface area contributed by atoms with Crippen molar-refractivity contribution in [2.45, 2.75) is 19.4 Å². The van der Waals surface area contributed by atoms with Gasteiger partial charge in [-0.3, -0.25) is 0 Å². The normalized spacial score (nSPS) is 12.7. The number of pyridine rings is 1. The quantitative estimate of drug-likeness (QED) is 0.281. The van der Waals surface area contributed by atoms with E-state index in [0.29, 0.717) is 11.6 Å². The molecular formula is C25H20ClNO3S. The molecule has 0 aliphatic heterocycles. The van der Waals surface area contributed by atoms with E-state index in [0.717, 1.165) is 39.7 Å². The molecule has 1 aliphatic rings. The van der Waals surface area contributed by atoms with Gasteiger partial charge in [-0.25, -0.2) is 8.42 Å². The van der Waals surface area contributed by atoms with Gasteiger partial charge in [-0.15, -0.1) is 0 Å². The largest absolute Gasteiger partial charge is 0.748 e. The van der Waals surface area contributed by atoms with E-state index in [2.05, 4.69) is 28.8 Å². The minimum absolute atomic E-state index is 0.266. The van der Waals surface area contributed by atoms with Crippen molar-refractivity contribution >= 4 is 32.6 Å². The molecule has 4 aromatic rings. The van der Waals surface area contributed by atoms with Crippen LogP contribution in [-0.4, -0.2) is 18.7 Å². The highest BCUT2D eigenvalue weighted by Gasteiger charge is 2.33. The van der Waals surface area contributed by atoms with Crippen LogP contribution in [0, 0.1) is 0 Å². The Bertz CT molecular complexity index is 1420. The van der Waals surface area contributed by atoms with Gasteiger partial charge in [-0.1, -0.05) is 66.2 Å². The lowest BCUT2D eigenvalue weighted by Crippen LogP contribution is -2.40. The Morgan fingerprint density at radius 1 is 0.935 bits per heavy atom. The fourth-order valence-corrected chi connectivity index (χ4v) is 5.29. The minimum Gasteiger partial charge on any atom is -0.748 e. The van der Waals surface area contributed by atoms with Crippen LogP contribution in [0.5, 0.6) is 0 Å². The first-order chi connectivity index (χ1) is 14.9. The molecule has 1 heterocycles. The molecule has 0 spiro atoms. The number of fused-ring (bicyclic) bond motifs is 4. The molecule has 0 saturated carbocycles. The third kappa shape index (κ3) is 3.74. The number of benzene rings is 3. The molecule has 156 valence electrons. The molecule has 3 aromatic carbocycles. The maximum atomic E-state index is 11.2. The summed E-state index contributed by atoms with van der Waals surface area (Å²) in [5.74, 6) is -0.378.